The van der Waals surface area contributed by atoms with Gasteiger partial charge in [0.1, 0.15) is 5.75 Å². The van der Waals surface area contributed by atoms with Gasteiger partial charge in [0.2, 0.25) is 0 Å². The van der Waals surface area contributed by atoms with Crippen molar-refractivity contribution >= 4 is 5.71 Å². The van der Waals surface area contributed by atoms with Crippen LogP contribution in [0.25, 0.3) is 0 Å². The summed E-state index contributed by atoms with van der Waals surface area (Å²) in [6.45, 7) is 7.98. The lowest BCUT2D eigenvalue weighted by atomic mass is 10.1. The third-order valence-electron chi connectivity index (χ3n) is 3.48. The van der Waals surface area contributed by atoms with E-state index < -0.39 is 0 Å². The first-order valence-electron chi connectivity index (χ1n) is 7.62. The highest BCUT2D eigenvalue weighted by atomic mass is 16.5. The fraction of sp³-hybridized carbons (Fsp3) is 0.588. The highest BCUT2D eigenvalue weighted by molar-refractivity contribution is 6.00. The van der Waals surface area contributed by atoms with Crippen LogP contribution >= 0.6 is 0 Å². The number of benzene rings is 1. The quantitative estimate of drug-likeness (QED) is 0.515. The van der Waals surface area contributed by atoms with Gasteiger partial charge >= 0.3 is 0 Å². The number of rotatable bonds is 9. The summed E-state index contributed by atoms with van der Waals surface area (Å²) in [6, 6.07) is 8.29. The smallest absolute Gasteiger partial charge is 0.127 e. The van der Waals surface area contributed by atoms with Gasteiger partial charge in [-0.3, -0.25) is 5.01 Å². The van der Waals surface area contributed by atoms with Crippen molar-refractivity contribution in [2.75, 3.05) is 27.4 Å². The minimum Gasteiger partial charge on any atom is -0.496 e. The van der Waals surface area contributed by atoms with Crippen LogP contribution < -0.4 is 4.74 Å². The maximum atomic E-state index is 5.42. The van der Waals surface area contributed by atoms with Crippen LogP contribution in [0.15, 0.2) is 29.4 Å². The Morgan fingerprint density at radius 1 is 1.24 bits per heavy atom. The molecule has 1 aromatic carbocycles. The molecule has 4 heteroatoms. The Labute approximate surface area is 128 Å². The fourth-order valence-electron chi connectivity index (χ4n) is 2.34. The van der Waals surface area contributed by atoms with Crippen molar-refractivity contribution in [1.82, 2.24) is 5.01 Å². The summed E-state index contributed by atoms with van der Waals surface area (Å²) in [4.78, 5) is 0. The molecule has 1 atom stereocenters. The molecule has 1 rings (SSSR count). The largest absolute Gasteiger partial charge is 0.496 e. The molecule has 0 saturated carbocycles. The molecule has 0 spiro atoms. The van der Waals surface area contributed by atoms with Crippen molar-refractivity contribution in [1.29, 1.82) is 0 Å². The number of methoxy groups -OCH3 is 2. The van der Waals surface area contributed by atoms with Gasteiger partial charge in [0.05, 0.1) is 25.5 Å². The van der Waals surface area contributed by atoms with Crippen LogP contribution in [-0.4, -0.2) is 44.1 Å². The number of hydrogen-bond donors (Lipinski definition) is 0. The molecule has 0 aliphatic heterocycles. The number of para-hydroxylation sites is 1. The zero-order valence-electron chi connectivity index (χ0n) is 13.9. The van der Waals surface area contributed by atoms with Gasteiger partial charge in [-0.15, -0.1) is 0 Å². The first-order chi connectivity index (χ1) is 10.2. The van der Waals surface area contributed by atoms with Crippen molar-refractivity contribution in [3.8, 4) is 5.75 Å². The summed E-state index contributed by atoms with van der Waals surface area (Å²) in [5, 5.41) is 6.97. The van der Waals surface area contributed by atoms with E-state index in [2.05, 4.69) is 18.9 Å². The second kappa shape index (κ2) is 9.40. The SMILES string of the molecule is CCCN(/N=C(\C)c1ccccc1OC)[C@H](CC)COC. The Morgan fingerprint density at radius 3 is 2.52 bits per heavy atom. The molecule has 118 valence electrons. The molecule has 0 saturated heterocycles. The summed E-state index contributed by atoms with van der Waals surface area (Å²) >= 11 is 0. The van der Waals surface area contributed by atoms with Gasteiger partial charge in [-0.1, -0.05) is 26.0 Å². The lowest BCUT2D eigenvalue weighted by Crippen LogP contribution is -2.35. The monoisotopic (exact) mass is 292 g/mol. The second-order valence-corrected chi connectivity index (χ2v) is 5.07. The highest BCUT2D eigenvalue weighted by Gasteiger charge is 2.15. The predicted molar refractivity (Wildman–Crippen MR) is 88.2 cm³/mol. The number of hydrazone groups is 1. The van der Waals surface area contributed by atoms with Gasteiger partial charge in [0.15, 0.2) is 0 Å². The summed E-state index contributed by atoms with van der Waals surface area (Å²) in [7, 11) is 3.43. The average Bonchev–Trinajstić information content (AvgIpc) is 2.52. The predicted octanol–water partition coefficient (Wildman–Crippen LogP) is 3.56. The van der Waals surface area contributed by atoms with E-state index in [0.29, 0.717) is 12.6 Å². The van der Waals surface area contributed by atoms with Crippen molar-refractivity contribution in [3.05, 3.63) is 29.8 Å². The molecule has 1 aromatic rings. The van der Waals surface area contributed by atoms with E-state index in [9.17, 15) is 0 Å². The first kappa shape index (κ1) is 17.5. The van der Waals surface area contributed by atoms with Crippen LogP contribution in [0.2, 0.25) is 0 Å². The van der Waals surface area contributed by atoms with Gasteiger partial charge in [-0.2, -0.15) is 5.10 Å². The van der Waals surface area contributed by atoms with E-state index in [1.165, 1.54) is 0 Å². The molecule has 0 fully saturated rings. The van der Waals surface area contributed by atoms with Gasteiger partial charge < -0.3 is 9.47 Å². The minimum absolute atomic E-state index is 0.305. The lowest BCUT2D eigenvalue weighted by Gasteiger charge is -2.28. The molecule has 0 unspecified atom stereocenters. The standard InChI is InChI=1S/C17H28N2O2/c1-6-12-19(15(7-2)13-20-4)18-14(3)16-10-8-9-11-17(16)21-5/h8-11,15H,6-7,12-13H2,1-5H3/b18-14+/t15-/m1/s1. The molecule has 0 aliphatic rings. The molecular weight excluding hydrogens is 264 g/mol. The fourth-order valence-corrected chi connectivity index (χ4v) is 2.34. The molecule has 0 amide bonds. The summed E-state index contributed by atoms with van der Waals surface area (Å²) in [6.07, 6.45) is 2.07. The maximum Gasteiger partial charge on any atom is 0.127 e. The van der Waals surface area contributed by atoms with E-state index >= 15 is 0 Å². The average molecular weight is 292 g/mol. The maximum absolute atomic E-state index is 5.42. The van der Waals surface area contributed by atoms with E-state index in [0.717, 1.165) is 36.4 Å². The summed E-state index contributed by atoms with van der Waals surface area (Å²) in [5.41, 5.74) is 2.00. The molecule has 0 radical (unpaired) electrons. The molecule has 0 heterocycles. The Balaban J connectivity index is 3.02. The molecule has 4 nitrogen and oxygen atoms in total. The molecule has 21 heavy (non-hydrogen) atoms. The summed E-state index contributed by atoms with van der Waals surface area (Å²) in [5.74, 6) is 0.856. The Hall–Kier alpha value is -1.55. The van der Waals surface area contributed by atoms with E-state index in [4.69, 9.17) is 14.6 Å². The molecule has 0 aliphatic carbocycles. The van der Waals surface area contributed by atoms with Crippen LogP contribution in [0.1, 0.15) is 39.2 Å². The Morgan fingerprint density at radius 2 is 1.95 bits per heavy atom. The van der Waals surface area contributed by atoms with Crippen molar-refractivity contribution in [2.45, 2.75) is 39.7 Å². The number of hydrogen-bond acceptors (Lipinski definition) is 4. The first-order valence-corrected chi connectivity index (χ1v) is 7.62. The van der Waals surface area contributed by atoms with E-state index in [1.54, 1.807) is 14.2 Å². The van der Waals surface area contributed by atoms with E-state index in [1.807, 2.05) is 31.2 Å². The zero-order valence-corrected chi connectivity index (χ0v) is 13.9. The molecular formula is C17H28N2O2. The summed E-state index contributed by atoms with van der Waals surface area (Å²) < 4.78 is 10.7. The molecule has 0 N–H and O–H groups in total. The van der Waals surface area contributed by atoms with Gasteiger partial charge in [0, 0.05) is 19.2 Å². The van der Waals surface area contributed by atoms with Crippen LogP contribution in [0.5, 0.6) is 5.75 Å². The van der Waals surface area contributed by atoms with Crippen molar-refractivity contribution in [3.63, 3.8) is 0 Å². The highest BCUT2D eigenvalue weighted by Crippen LogP contribution is 2.19. The number of nitrogens with zero attached hydrogens (tertiary/aromatic N) is 2. The van der Waals surface area contributed by atoms with Gasteiger partial charge in [-0.25, -0.2) is 0 Å². The van der Waals surface area contributed by atoms with Crippen molar-refractivity contribution in [2.24, 2.45) is 5.10 Å². The van der Waals surface area contributed by atoms with Gasteiger partial charge in [0.25, 0.3) is 0 Å². The van der Waals surface area contributed by atoms with Crippen LogP contribution in [0.4, 0.5) is 0 Å². The Bertz CT molecular complexity index is 446. The van der Waals surface area contributed by atoms with Crippen LogP contribution in [-0.2, 0) is 4.74 Å². The van der Waals surface area contributed by atoms with Crippen LogP contribution in [0, 0.1) is 0 Å². The zero-order chi connectivity index (χ0) is 15.7. The number of ether oxygens (including phenoxy) is 2. The van der Waals surface area contributed by atoms with Gasteiger partial charge in [-0.05, 0) is 31.9 Å². The topological polar surface area (TPSA) is 34.1 Å². The third kappa shape index (κ3) is 5.05. The Kier molecular flexibility index (Phi) is 7.83. The molecule has 0 bridgehead atoms. The van der Waals surface area contributed by atoms with Crippen molar-refractivity contribution < 1.29 is 9.47 Å². The second-order valence-electron chi connectivity index (χ2n) is 5.07. The van der Waals surface area contributed by atoms with E-state index in [-0.39, 0.29) is 0 Å². The van der Waals surface area contributed by atoms with Crippen LogP contribution in [0.3, 0.4) is 0 Å². The molecule has 0 aromatic heterocycles. The third-order valence-corrected chi connectivity index (χ3v) is 3.48. The normalized spacial score (nSPS) is 13.1. The lowest BCUT2D eigenvalue weighted by molar-refractivity contribution is 0.0896. The minimum atomic E-state index is 0.305.